The van der Waals surface area contributed by atoms with Crippen molar-refractivity contribution in [2.24, 2.45) is 0 Å². The summed E-state index contributed by atoms with van der Waals surface area (Å²) in [6.07, 6.45) is 3.16. The van der Waals surface area contributed by atoms with Gasteiger partial charge in [-0.15, -0.1) is 0 Å². The molecule has 3 aromatic rings. The van der Waals surface area contributed by atoms with Crippen LogP contribution >= 0.6 is 0 Å². The van der Waals surface area contributed by atoms with Gasteiger partial charge in [0.1, 0.15) is 5.82 Å². The normalized spacial score (nSPS) is 11.1. The molecule has 3 aromatic carbocycles. The van der Waals surface area contributed by atoms with Gasteiger partial charge >= 0.3 is 0 Å². The number of benzene rings is 3. The number of rotatable bonds is 4. The molecule has 3 rings (SSSR count). The quantitative estimate of drug-likeness (QED) is 0.548. The van der Waals surface area contributed by atoms with Crippen LogP contribution in [0.5, 0.6) is 0 Å². The van der Waals surface area contributed by atoms with Crippen molar-refractivity contribution < 1.29 is 9.18 Å². The fraction of sp³-hybridized carbons (Fsp3) is 0. The predicted molar refractivity (Wildman–Crippen MR) is 93.7 cm³/mol. The summed E-state index contributed by atoms with van der Waals surface area (Å²) < 4.78 is 13.0. The first-order valence-electron chi connectivity index (χ1n) is 7.54. The van der Waals surface area contributed by atoms with Gasteiger partial charge in [-0.25, -0.2) is 4.39 Å². The monoisotopic (exact) mass is 316 g/mol. The first-order valence-corrected chi connectivity index (χ1v) is 7.54. The molecule has 1 amide bonds. The molecule has 117 valence electrons. The summed E-state index contributed by atoms with van der Waals surface area (Å²) in [6.45, 7) is 0. The Balaban J connectivity index is 1.94. The highest BCUT2D eigenvalue weighted by Gasteiger charge is 2.13. The predicted octanol–water partition coefficient (Wildman–Crippen LogP) is 4.70. The molecule has 0 unspecified atom stereocenters. The van der Waals surface area contributed by atoms with Crippen molar-refractivity contribution in [2.75, 3.05) is 5.32 Å². The molecule has 0 fully saturated rings. The Morgan fingerprint density at radius 2 is 1.38 bits per heavy atom. The standard InChI is InChI=1S/C21H15FNO/c22-18-11-13-19(14-12-18)23-21(24)20(17-9-5-2-6-10-17)15-16-7-3-1-4-8-16/h1-14H,(H,23,24). The number of carbonyl (C=O) groups excluding carboxylic acids is 1. The van der Waals surface area contributed by atoms with Crippen molar-refractivity contribution in [3.8, 4) is 0 Å². The van der Waals surface area contributed by atoms with Gasteiger partial charge in [-0.1, -0.05) is 60.7 Å². The van der Waals surface area contributed by atoms with Gasteiger partial charge in [0.2, 0.25) is 0 Å². The largest absolute Gasteiger partial charge is 0.322 e. The third-order valence-electron chi connectivity index (χ3n) is 3.43. The van der Waals surface area contributed by atoms with Crippen LogP contribution in [0.3, 0.4) is 0 Å². The number of hydrogen-bond acceptors (Lipinski definition) is 1. The lowest BCUT2D eigenvalue weighted by Crippen LogP contribution is -2.14. The summed E-state index contributed by atoms with van der Waals surface area (Å²) in [5, 5.41) is 2.78. The van der Waals surface area contributed by atoms with Gasteiger partial charge in [-0.2, -0.15) is 0 Å². The van der Waals surface area contributed by atoms with E-state index in [9.17, 15) is 9.18 Å². The first kappa shape index (κ1) is 15.7. The fourth-order valence-corrected chi connectivity index (χ4v) is 2.26. The molecule has 0 saturated carbocycles. The Morgan fingerprint density at radius 3 is 2.00 bits per heavy atom. The van der Waals surface area contributed by atoms with E-state index in [4.69, 9.17) is 0 Å². The number of anilines is 1. The second-order valence-corrected chi connectivity index (χ2v) is 5.19. The van der Waals surface area contributed by atoms with Crippen molar-refractivity contribution >= 4 is 17.2 Å². The van der Waals surface area contributed by atoms with Crippen LogP contribution in [0.1, 0.15) is 11.1 Å². The molecule has 0 bridgehead atoms. The second kappa shape index (κ2) is 7.38. The van der Waals surface area contributed by atoms with Gasteiger partial charge in [0.15, 0.2) is 0 Å². The van der Waals surface area contributed by atoms with Crippen molar-refractivity contribution in [1.29, 1.82) is 0 Å². The summed E-state index contributed by atoms with van der Waals surface area (Å²) in [4.78, 5) is 12.7. The van der Waals surface area contributed by atoms with Crippen LogP contribution in [0.25, 0.3) is 5.57 Å². The number of nitrogens with one attached hydrogen (secondary N) is 1. The Bertz CT molecular complexity index is 840. The van der Waals surface area contributed by atoms with Crippen LogP contribution in [-0.4, -0.2) is 5.91 Å². The Morgan fingerprint density at radius 1 is 0.792 bits per heavy atom. The third kappa shape index (κ3) is 3.96. The molecule has 0 aliphatic heterocycles. The summed E-state index contributed by atoms with van der Waals surface area (Å²) in [6, 6.07) is 24.5. The zero-order valence-corrected chi connectivity index (χ0v) is 12.9. The van der Waals surface area contributed by atoms with Gasteiger partial charge < -0.3 is 5.32 Å². The van der Waals surface area contributed by atoms with Crippen LogP contribution in [-0.2, 0) is 4.79 Å². The molecule has 0 atom stereocenters. The molecule has 0 heterocycles. The van der Waals surface area contributed by atoms with Crippen molar-refractivity contribution in [3.63, 3.8) is 0 Å². The minimum absolute atomic E-state index is 0.295. The van der Waals surface area contributed by atoms with E-state index in [1.165, 1.54) is 24.3 Å². The van der Waals surface area contributed by atoms with Crippen LogP contribution in [0, 0.1) is 11.9 Å². The van der Waals surface area contributed by atoms with Gasteiger partial charge in [-0.05, 0) is 35.4 Å². The van der Waals surface area contributed by atoms with Gasteiger partial charge in [-0.3, -0.25) is 4.79 Å². The minimum Gasteiger partial charge on any atom is -0.322 e. The highest BCUT2D eigenvalue weighted by Crippen LogP contribution is 2.19. The fourth-order valence-electron chi connectivity index (χ4n) is 2.26. The van der Waals surface area contributed by atoms with Gasteiger partial charge in [0.05, 0.1) is 5.57 Å². The maximum atomic E-state index is 13.0. The first-order chi connectivity index (χ1) is 11.7. The molecule has 24 heavy (non-hydrogen) atoms. The Kier molecular flexibility index (Phi) is 4.82. The van der Waals surface area contributed by atoms with E-state index in [1.54, 1.807) is 0 Å². The molecule has 3 heteroatoms. The van der Waals surface area contributed by atoms with Crippen LogP contribution in [0.2, 0.25) is 0 Å². The van der Waals surface area contributed by atoms with Gasteiger partial charge in [0.25, 0.3) is 5.91 Å². The molecule has 1 radical (unpaired) electrons. The van der Waals surface area contributed by atoms with E-state index >= 15 is 0 Å². The molecular weight excluding hydrogens is 301 g/mol. The van der Waals surface area contributed by atoms with Gasteiger partial charge in [0, 0.05) is 11.8 Å². The van der Waals surface area contributed by atoms with E-state index in [0.29, 0.717) is 11.3 Å². The Labute approximate surface area is 140 Å². The number of hydrogen-bond donors (Lipinski definition) is 1. The molecule has 0 aromatic heterocycles. The van der Waals surface area contributed by atoms with Crippen LogP contribution < -0.4 is 5.32 Å². The molecule has 2 nitrogen and oxygen atoms in total. The SMILES string of the molecule is O=C(Nc1ccc(F)cc1)C(=[C]c1ccccc1)c1ccccc1. The topological polar surface area (TPSA) is 29.1 Å². The lowest BCUT2D eigenvalue weighted by Gasteiger charge is -2.09. The zero-order valence-electron chi connectivity index (χ0n) is 12.9. The molecule has 0 saturated heterocycles. The number of amides is 1. The second-order valence-electron chi connectivity index (χ2n) is 5.19. The Hall–Kier alpha value is -3.20. The van der Waals surface area contributed by atoms with Crippen molar-refractivity contribution in [1.82, 2.24) is 0 Å². The minimum atomic E-state index is -0.345. The van der Waals surface area contributed by atoms with E-state index in [2.05, 4.69) is 11.4 Å². The number of carbonyl (C=O) groups is 1. The van der Waals surface area contributed by atoms with Crippen molar-refractivity contribution in [2.45, 2.75) is 0 Å². The highest BCUT2D eigenvalue weighted by molar-refractivity contribution is 6.25. The molecule has 0 aliphatic rings. The summed E-state index contributed by atoms with van der Waals surface area (Å²) >= 11 is 0. The zero-order chi connectivity index (χ0) is 16.8. The summed E-state index contributed by atoms with van der Waals surface area (Å²) in [5.41, 5.74) is 2.53. The molecular formula is C21H15FNO. The van der Waals surface area contributed by atoms with Crippen molar-refractivity contribution in [3.05, 3.63) is 108 Å². The van der Waals surface area contributed by atoms with E-state index in [-0.39, 0.29) is 11.7 Å². The van der Waals surface area contributed by atoms with E-state index in [0.717, 1.165) is 11.1 Å². The maximum Gasteiger partial charge on any atom is 0.256 e. The van der Waals surface area contributed by atoms with E-state index in [1.807, 2.05) is 60.7 Å². The van der Waals surface area contributed by atoms with Crippen LogP contribution in [0.15, 0.2) is 84.9 Å². The molecule has 1 N–H and O–H groups in total. The smallest absolute Gasteiger partial charge is 0.256 e. The highest BCUT2D eigenvalue weighted by atomic mass is 19.1. The lowest BCUT2D eigenvalue weighted by molar-refractivity contribution is -0.111. The average Bonchev–Trinajstić information content (AvgIpc) is 2.63. The number of halogens is 1. The third-order valence-corrected chi connectivity index (χ3v) is 3.43. The molecule has 0 aliphatic carbocycles. The van der Waals surface area contributed by atoms with E-state index < -0.39 is 0 Å². The maximum absolute atomic E-state index is 13.0. The van der Waals surface area contributed by atoms with Crippen LogP contribution in [0.4, 0.5) is 10.1 Å². The molecule has 0 spiro atoms. The lowest BCUT2D eigenvalue weighted by atomic mass is 10.0. The summed E-state index contributed by atoms with van der Waals surface area (Å²) in [7, 11) is 0. The summed E-state index contributed by atoms with van der Waals surface area (Å²) in [5.74, 6) is -0.640. The average molecular weight is 316 g/mol.